The lowest BCUT2D eigenvalue weighted by atomic mass is 9.91. The van der Waals surface area contributed by atoms with Gasteiger partial charge in [0.05, 0.1) is 37.1 Å². The first-order chi connectivity index (χ1) is 25.8. The number of aromatic amines is 1. The molecule has 0 radical (unpaired) electrons. The van der Waals surface area contributed by atoms with Crippen LogP contribution in [0.4, 0.5) is 14.6 Å². The average Bonchev–Trinajstić information content (AvgIpc) is 3.89. The van der Waals surface area contributed by atoms with E-state index in [0.717, 1.165) is 33.8 Å². The van der Waals surface area contributed by atoms with Gasteiger partial charge in [-0.3, -0.25) is 19.3 Å². The van der Waals surface area contributed by atoms with Gasteiger partial charge >= 0.3 is 0 Å². The first-order valence-corrected chi connectivity index (χ1v) is 17.5. The standard InChI is InChI=1S/C39H37F2N9O3/c1-24-7-8-27(28-6-3-10-42-36(24)28)30-20-29(25-5-4-12-49(23-25)34(51)9-13-50-14-11-44-46-50)35(41)37-31(30)21-32(45-37)39(52)48-17-15-47(16-18-48)38-33(53-2)19-26(40)22-43-38/h3,5-8,10-11,14,19-22,45H,4,9,12-13,15-18,23H2,1-2H3. The maximum absolute atomic E-state index is 16.9. The third-order valence-electron chi connectivity index (χ3n) is 10.1. The number of nitrogens with zero attached hydrogens (tertiary/aromatic N) is 8. The third kappa shape index (κ3) is 6.45. The summed E-state index contributed by atoms with van der Waals surface area (Å²) in [4.78, 5) is 44.7. The fourth-order valence-electron chi connectivity index (χ4n) is 7.35. The molecule has 270 valence electrons. The summed E-state index contributed by atoms with van der Waals surface area (Å²) in [7, 11) is 1.47. The van der Waals surface area contributed by atoms with Crippen molar-refractivity contribution in [3.8, 4) is 16.9 Å². The molecule has 1 fully saturated rings. The molecular weight excluding hydrogens is 680 g/mol. The number of nitrogens with one attached hydrogen (secondary N) is 1. The molecule has 2 aliphatic rings. The van der Waals surface area contributed by atoms with Gasteiger partial charge in [0.1, 0.15) is 11.5 Å². The Balaban J connectivity index is 1.14. The van der Waals surface area contributed by atoms with Crippen molar-refractivity contribution in [1.82, 2.24) is 39.7 Å². The molecule has 0 unspecified atom stereocenters. The molecular formula is C39H37F2N9O3. The molecule has 1 N–H and O–H groups in total. The molecule has 4 aromatic heterocycles. The first kappa shape index (κ1) is 33.9. The van der Waals surface area contributed by atoms with Gasteiger partial charge in [0.2, 0.25) is 5.91 Å². The summed E-state index contributed by atoms with van der Waals surface area (Å²) in [6.45, 7) is 4.84. The number of hydrogen-bond acceptors (Lipinski definition) is 8. The second-order valence-corrected chi connectivity index (χ2v) is 13.3. The Labute approximate surface area is 303 Å². The molecule has 53 heavy (non-hydrogen) atoms. The number of benzene rings is 2. The van der Waals surface area contributed by atoms with Gasteiger partial charge in [-0.15, -0.1) is 5.10 Å². The van der Waals surface area contributed by atoms with Crippen LogP contribution < -0.4 is 9.64 Å². The summed E-state index contributed by atoms with van der Waals surface area (Å²) < 4.78 is 37.6. The van der Waals surface area contributed by atoms with E-state index in [1.807, 2.05) is 48.2 Å². The number of amides is 2. The van der Waals surface area contributed by atoms with E-state index < -0.39 is 11.6 Å². The normalized spacial score (nSPS) is 14.9. The van der Waals surface area contributed by atoms with Gasteiger partial charge in [0, 0.05) is 80.5 Å². The predicted octanol–water partition coefficient (Wildman–Crippen LogP) is 5.63. The summed E-state index contributed by atoms with van der Waals surface area (Å²) in [5, 5.41) is 9.23. The van der Waals surface area contributed by atoms with Gasteiger partial charge in [-0.25, -0.2) is 13.8 Å². The number of halogens is 2. The quantitative estimate of drug-likeness (QED) is 0.215. The van der Waals surface area contributed by atoms with E-state index in [1.165, 1.54) is 13.2 Å². The summed E-state index contributed by atoms with van der Waals surface area (Å²) in [6, 6.07) is 12.7. The van der Waals surface area contributed by atoms with E-state index in [4.69, 9.17) is 4.74 Å². The molecule has 0 atom stereocenters. The third-order valence-corrected chi connectivity index (χ3v) is 10.1. The Hall–Kier alpha value is -6.18. The zero-order valence-electron chi connectivity index (χ0n) is 29.4. The lowest BCUT2D eigenvalue weighted by Gasteiger charge is -2.35. The van der Waals surface area contributed by atoms with Crippen molar-refractivity contribution in [2.24, 2.45) is 0 Å². The number of pyridine rings is 2. The molecule has 14 heteroatoms. The maximum Gasteiger partial charge on any atom is 0.270 e. The van der Waals surface area contributed by atoms with Crippen molar-refractivity contribution >= 4 is 45.0 Å². The number of anilines is 1. The number of aryl methyl sites for hydroxylation is 2. The topological polar surface area (TPSA) is 125 Å². The number of H-pyrrole nitrogens is 1. The number of ether oxygens (including phenoxy) is 1. The highest BCUT2D eigenvalue weighted by atomic mass is 19.1. The van der Waals surface area contributed by atoms with Gasteiger partial charge < -0.3 is 24.4 Å². The second kappa shape index (κ2) is 14.1. The molecule has 6 heterocycles. The van der Waals surface area contributed by atoms with Crippen LogP contribution in [0.1, 0.15) is 34.5 Å². The zero-order valence-corrected chi connectivity index (χ0v) is 29.4. The van der Waals surface area contributed by atoms with E-state index in [1.54, 1.807) is 39.1 Å². The number of carbonyl (C=O) groups excluding carboxylic acids is 2. The number of carbonyl (C=O) groups is 2. The van der Waals surface area contributed by atoms with Crippen LogP contribution in [0.2, 0.25) is 0 Å². The van der Waals surface area contributed by atoms with Crippen molar-refractivity contribution in [1.29, 1.82) is 0 Å². The highest BCUT2D eigenvalue weighted by Gasteiger charge is 2.29. The zero-order chi connectivity index (χ0) is 36.6. The number of piperazine rings is 1. The van der Waals surface area contributed by atoms with E-state index in [9.17, 15) is 14.0 Å². The Morgan fingerprint density at radius 3 is 2.57 bits per heavy atom. The molecule has 0 bridgehead atoms. The molecule has 2 aliphatic heterocycles. The first-order valence-electron chi connectivity index (χ1n) is 17.5. The summed E-state index contributed by atoms with van der Waals surface area (Å²) in [6.07, 6.45) is 8.99. The SMILES string of the molecule is COc1cc(F)cnc1N1CCN(C(=O)c2cc3c(-c4ccc(C)c5ncccc45)cc(C4=CCCN(C(=O)CCn5ccnn5)C4)c(F)c3[nH]2)CC1. The maximum atomic E-state index is 16.9. The van der Waals surface area contributed by atoms with Crippen molar-refractivity contribution in [3.63, 3.8) is 0 Å². The molecule has 0 saturated carbocycles. The van der Waals surface area contributed by atoms with Crippen LogP contribution in [0, 0.1) is 18.6 Å². The minimum atomic E-state index is -0.493. The Bertz CT molecular complexity index is 2380. The molecule has 2 aromatic carbocycles. The number of fused-ring (bicyclic) bond motifs is 2. The van der Waals surface area contributed by atoms with Gasteiger partial charge in [0.15, 0.2) is 17.4 Å². The second-order valence-electron chi connectivity index (χ2n) is 13.3. The fraction of sp³-hybridized carbons (Fsp3) is 0.282. The Morgan fingerprint density at radius 1 is 0.925 bits per heavy atom. The largest absolute Gasteiger partial charge is 0.493 e. The van der Waals surface area contributed by atoms with E-state index in [-0.39, 0.29) is 36.0 Å². The van der Waals surface area contributed by atoms with E-state index in [2.05, 4.69) is 25.3 Å². The minimum absolute atomic E-state index is 0.0510. The van der Waals surface area contributed by atoms with Crippen molar-refractivity contribution in [2.45, 2.75) is 26.3 Å². The summed E-state index contributed by atoms with van der Waals surface area (Å²) >= 11 is 0. The summed E-state index contributed by atoms with van der Waals surface area (Å²) in [5.74, 6) is -0.454. The lowest BCUT2D eigenvalue weighted by molar-refractivity contribution is -0.131. The van der Waals surface area contributed by atoms with Crippen molar-refractivity contribution < 1.29 is 23.1 Å². The van der Waals surface area contributed by atoms with Gasteiger partial charge in [-0.2, -0.15) is 0 Å². The van der Waals surface area contributed by atoms with Crippen LogP contribution in [0.25, 0.3) is 38.5 Å². The lowest BCUT2D eigenvalue weighted by Crippen LogP contribution is -2.49. The molecule has 8 rings (SSSR count). The minimum Gasteiger partial charge on any atom is -0.493 e. The van der Waals surface area contributed by atoms with Crippen molar-refractivity contribution in [2.75, 3.05) is 51.3 Å². The Kier molecular flexibility index (Phi) is 9.02. The van der Waals surface area contributed by atoms with Gasteiger partial charge in [-0.1, -0.05) is 29.5 Å². The molecule has 2 amide bonds. The smallest absolute Gasteiger partial charge is 0.270 e. The monoisotopic (exact) mass is 717 g/mol. The number of aromatic nitrogens is 6. The number of methoxy groups -OCH3 is 1. The highest BCUT2D eigenvalue weighted by Crippen LogP contribution is 2.40. The molecule has 0 spiro atoms. The molecule has 6 aromatic rings. The number of rotatable bonds is 8. The van der Waals surface area contributed by atoms with Crippen LogP contribution >= 0.6 is 0 Å². The number of hydrogen-bond donors (Lipinski definition) is 1. The average molecular weight is 718 g/mol. The van der Waals surface area contributed by atoms with E-state index in [0.29, 0.717) is 73.8 Å². The van der Waals surface area contributed by atoms with Gasteiger partial charge in [0.25, 0.3) is 5.91 Å². The Morgan fingerprint density at radius 2 is 1.77 bits per heavy atom. The van der Waals surface area contributed by atoms with Crippen molar-refractivity contribution in [3.05, 3.63) is 102 Å². The van der Waals surface area contributed by atoms with Crippen LogP contribution in [0.15, 0.2) is 73.3 Å². The molecule has 1 saturated heterocycles. The van der Waals surface area contributed by atoms with Crippen LogP contribution in [0.5, 0.6) is 5.75 Å². The summed E-state index contributed by atoms with van der Waals surface area (Å²) in [5.41, 5.74) is 5.00. The fourth-order valence-corrected chi connectivity index (χ4v) is 7.35. The van der Waals surface area contributed by atoms with Crippen LogP contribution in [-0.4, -0.2) is 97.9 Å². The molecule has 0 aliphatic carbocycles. The van der Waals surface area contributed by atoms with Gasteiger partial charge in [-0.05, 0) is 53.8 Å². The van der Waals surface area contributed by atoms with E-state index >= 15 is 4.39 Å². The molecule has 12 nitrogen and oxygen atoms in total. The van der Waals surface area contributed by atoms with Crippen LogP contribution in [-0.2, 0) is 11.3 Å². The predicted molar refractivity (Wildman–Crippen MR) is 196 cm³/mol. The van der Waals surface area contributed by atoms with Crippen LogP contribution in [0.3, 0.4) is 0 Å². The highest BCUT2D eigenvalue weighted by molar-refractivity contribution is 6.09.